The number of hydrogen-bond acceptors (Lipinski definition) is 4. The van der Waals surface area contributed by atoms with Crippen molar-refractivity contribution in [1.82, 2.24) is 9.97 Å². The highest BCUT2D eigenvalue weighted by atomic mass is 16.2. The van der Waals surface area contributed by atoms with Crippen LogP contribution in [0.3, 0.4) is 0 Å². The molecule has 0 fully saturated rings. The largest absolute Gasteiger partial charge is 0.325 e. The van der Waals surface area contributed by atoms with Gasteiger partial charge in [0.2, 0.25) is 0 Å². The number of aromatic nitrogens is 2. The van der Waals surface area contributed by atoms with Crippen LogP contribution in [0.1, 0.15) is 39.8 Å². The number of nitrogens with one attached hydrogen (secondary N) is 2. The highest BCUT2D eigenvalue weighted by Gasteiger charge is 2.25. The number of aromatic amines is 1. The molecule has 1 aliphatic rings. The molecule has 0 unspecified atom stereocenters. The monoisotopic (exact) mass is 347 g/mol. The van der Waals surface area contributed by atoms with E-state index < -0.39 is 11.5 Å². The zero-order chi connectivity index (χ0) is 18.3. The number of Topliss-reactive ketones (excluding diaryl/α,β-unsaturated/α-hetero) is 1. The van der Waals surface area contributed by atoms with Crippen LogP contribution in [0.5, 0.6) is 0 Å². The smallest absolute Gasteiger partial charge is 0.261 e. The van der Waals surface area contributed by atoms with Gasteiger partial charge in [0.15, 0.2) is 5.78 Å². The van der Waals surface area contributed by atoms with Gasteiger partial charge in [-0.1, -0.05) is 13.0 Å². The molecule has 1 atom stereocenters. The summed E-state index contributed by atoms with van der Waals surface area (Å²) >= 11 is 0. The maximum absolute atomic E-state index is 12.7. The Kier molecular flexibility index (Phi) is 3.88. The van der Waals surface area contributed by atoms with Gasteiger partial charge in [-0.05, 0) is 42.7 Å². The van der Waals surface area contributed by atoms with Crippen molar-refractivity contribution in [2.45, 2.75) is 19.8 Å². The predicted molar refractivity (Wildman–Crippen MR) is 98.6 cm³/mol. The molecule has 0 radical (unpaired) electrons. The number of H-pyrrole nitrogens is 1. The SMILES string of the molecule is C[C@@H]1CC(=O)c2cc(C(=O)Nc3cccc4ncccc34)c(=O)[nH]c2C1. The van der Waals surface area contributed by atoms with Crippen molar-refractivity contribution in [1.29, 1.82) is 0 Å². The third-order valence-corrected chi connectivity index (χ3v) is 4.65. The number of nitrogens with zero attached hydrogens (tertiary/aromatic N) is 1. The van der Waals surface area contributed by atoms with Gasteiger partial charge in [-0.25, -0.2) is 0 Å². The molecule has 1 aliphatic carbocycles. The summed E-state index contributed by atoms with van der Waals surface area (Å²) < 4.78 is 0. The van der Waals surface area contributed by atoms with Crippen LogP contribution in [0.2, 0.25) is 0 Å². The molecule has 0 saturated heterocycles. The van der Waals surface area contributed by atoms with Crippen molar-refractivity contribution in [3.63, 3.8) is 0 Å². The second-order valence-corrected chi connectivity index (χ2v) is 6.67. The Hall–Kier alpha value is -3.28. The Morgan fingerprint density at radius 1 is 1.19 bits per heavy atom. The number of benzene rings is 1. The standard InChI is InChI=1S/C20H17N3O3/c1-11-8-17-13(18(24)9-11)10-14(20(26)23-17)19(25)22-16-6-2-5-15-12(16)4-3-7-21-15/h2-7,10-11H,8-9H2,1H3,(H,22,25)(H,23,26)/t11-/m0/s1. The van der Waals surface area contributed by atoms with Gasteiger partial charge in [0.05, 0.1) is 11.2 Å². The number of rotatable bonds is 2. The van der Waals surface area contributed by atoms with Gasteiger partial charge in [0.1, 0.15) is 5.56 Å². The normalized spacial score (nSPS) is 16.3. The number of amides is 1. The molecular weight excluding hydrogens is 330 g/mol. The van der Waals surface area contributed by atoms with Gasteiger partial charge in [0, 0.05) is 29.3 Å². The molecular formula is C20H17N3O3. The molecule has 6 nitrogen and oxygen atoms in total. The van der Waals surface area contributed by atoms with E-state index in [1.807, 2.05) is 19.1 Å². The summed E-state index contributed by atoms with van der Waals surface area (Å²) in [7, 11) is 0. The fraction of sp³-hybridized carbons (Fsp3) is 0.200. The van der Waals surface area contributed by atoms with E-state index in [4.69, 9.17) is 0 Å². The van der Waals surface area contributed by atoms with Crippen molar-refractivity contribution >= 4 is 28.3 Å². The second kappa shape index (κ2) is 6.22. The third kappa shape index (κ3) is 2.79. The zero-order valence-electron chi connectivity index (χ0n) is 14.2. The Bertz CT molecular complexity index is 1100. The van der Waals surface area contributed by atoms with E-state index in [9.17, 15) is 14.4 Å². The van der Waals surface area contributed by atoms with Crippen molar-refractivity contribution < 1.29 is 9.59 Å². The summed E-state index contributed by atoms with van der Waals surface area (Å²) in [6, 6.07) is 10.4. The molecule has 130 valence electrons. The zero-order valence-corrected chi connectivity index (χ0v) is 14.2. The number of hydrogen-bond donors (Lipinski definition) is 2. The van der Waals surface area contributed by atoms with E-state index in [0.29, 0.717) is 29.8 Å². The summed E-state index contributed by atoms with van der Waals surface area (Å²) in [5.74, 6) is -0.399. The molecule has 1 amide bonds. The molecule has 4 rings (SSSR count). The van der Waals surface area contributed by atoms with Crippen LogP contribution in [0, 0.1) is 5.92 Å². The summed E-state index contributed by atoms with van der Waals surface area (Å²) in [6.07, 6.45) is 2.73. The summed E-state index contributed by atoms with van der Waals surface area (Å²) in [6.45, 7) is 1.97. The number of anilines is 1. The lowest BCUT2D eigenvalue weighted by Crippen LogP contribution is -2.29. The van der Waals surface area contributed by atoms with Gasteiger partial charge in [-0.2, -0.15) is 0 Å². The molecule has 2 N–H and O–H groups in total. The molecule has 0 bridgehead atoms. The quantitative estimate of drug-likeness (QED) is 0.745. The molecule has 1 aromatic carbocycles. The number of fused-ring (bicyclic) bond motifs is 2. The number of carbonyl (C=O) groups is 2. The fourth-order valence-electron chi connectivity index (χ4n) is 3.40. The molecule has 3 aromatic rings. The van der Waals surface area contributed by atoms with Crippen molar-refractivity contribution in [3.05, 3.63) is 69.8 Å². The van der Waals surface area contributed by atoms with Crippen molar-refractivity contribution in [2.24, 2.45) is 5.92 Å². The lowest BCUT2D eigenvalue weighted by Gasteiger charge is -2.20. The summed E-state index contributed by atoms with van der Waals surface area (Å²) in [5.41, 5.74) is 1.82. The van der Waals surface area contributed by atoms with E-state index in [2.05, 4.69) is 15.3 Å². The maximum Gasteiger partial charge on any atom is 0.261 e. The van der Waals surface area contributed by atoms with E-state index in [1.54, 1.807) is 24.4 Å². The number of pyridine rings is 2. The first-order valence-corrected chi connectivity index (χ1v) is 8.47. The first-order valence-electron chi connectivity index (χ1n) is 8.47. The molecule has 6 heteroatoms. The van der Waals surface area contributed by atoms with Gasteiger partial charge >= 0.3 is 0 Å². The van der Waals surface area contributed by atoms with Gasteiger partial charge < -0.3 is 10.3 Å². The molecule has 26 heavy (non-hydrogen) atoms. The van der Waals surface area contributed by atoms with Gasteiger partial charge in [-0.3, -0.25) is 19.4 Å². The van der Waals surface area contributed by atoms with E-state index >= 15 is 0 Å². The average molecular weight is 347 g/mol. The predicted octanol–water partition coefficient (Wildman–Crippen LogP) is 2.94. The first-order chi connectivity index (χ1) is 12.5. The fourth-order valence-corrected chi connectivity index (χ4v) is 3.40. The molecule has 2 aromatic heterocycles. The lowest BCUT2D eigenvalue weighted by molar-refractivity contribution is 0.0952. The Labute approximate surface area is 149 Å². The van der Waals surface area contributed by atoms with E-state index in [-0.39, 0.29) is 17.3 Å². The van der Waals surface area contributed by atoms with Crippen LogP contribution in [0.4, 0.5) is 5.69 Å². The number of ketones is 1. The highest BCUT2D eigenvalue weighted by molar-refractivity contribution is 6.09. The number of carbonyl (C=O) groups excluding carboxylic acids is 2. The van der Waals surface area contributed by atoms with Crippen LogP contribution >= 0.6 is 0 Å². The Balaban J connectivity index is 1.72. The topological polar surface area (TPSA) is 91.9 Å². The van der Waals surface area contributed by atoms with Crippen molar-refractivity contribution in [2.75, 3.05) is 5.32 Å². The van der Waals surface area contributed by atoms with Crippen LogP contribution in [0.15, 0.2) is 47.4 Å². The van der Waals surface area contributed by atoms with Crippen LogP contribution in [-0.2, 0) is 6.42 Å². The molecule has 2 heterocycles. The van der Waals surface area contributed by atoms with Gasteiger partial charge in [0.25, 0.3) is 11.5 Å². The van der Waals surface area contributed by atoms with Crippen LogP contribution in [-0.4, -0.2) is 21.7 Å². The Morgan fingerprint density at radius 3 is 2.88 bits per heavy atom. The first kappa shape index (κ1) is 16.2. The van der Waals surface area contributed by atoms with E-state index in [1.165, 1.54) is 6.07 Å². The van der Waals surface area contributed by atoms with Crippen molar-refractivity contribution in [3.8, 4) is 0 Å². The summed E-state index contributed by atoms with van der Waals surface area (Å²) in [5, 5.41) is 3.54. The summed E-state index contributed by atoms with van der Waals surface area (Å²) in [4.78, 5) is 44.2. The molecule has 0 saturated carbocycles. The third-order valence-electron chi connectivity index (χ3n) is 4.65. The van der Waals surface area contributed by atoms with Crippen LogP contribution < -0.4 is 10.9 Å². The molecule has 0 aliphatic heterocycles. The minimum atomic E-state index is -0.545. The highest BCUT2D eigenvalue weighted by Crippen LogP contribution is 2.24. The van der Waals surface area contributed by atoms with E-state index in [0.717, 1.165) is 10.9 Å². The van der Waals surface area contributed by atoms with Gasteiger partial charge in [-0.15, -0.1) is 0 Å². The average Bonchev–Trinajstić information content (AvgIpc) is 2.61. The van der Waals surface area contributed by atoms with Crippen LogP contribution in [0.25, 0.3) is 10.9 Å². The lowest BCUT2D eigenvalue weighted by atomic mass is 9.86. The minimum Gasteiger partial charge on any atom is -0.325 e. The minimum absolute atomic E-state index is 0.0431. The Morgan fingerprint density at radius 2 is 2.04 bits per heavy atom. The maximum atomic E-state index is 12.7. The second-order valence-electron chi connectivity index (χ2n) is 6.67. The molecule has 0 spiro atoms.